The number of carbonyl (C=O) groups is 1. The Kier molecular flexibility index (Phi) is 3.40. The fraction of sp³-hybridized carbons (Fsp3) is 0.333. The molecule has 0 bridgehead atoms. The predicted octanol–water partition coefficient (Wildman–Crippen LogP) is 1.05. The Labute approximate surface area is 76.5 Å². The van der Waals surface area contributed by atoms with Gasteiger partial charge >= 0.3 is 0 Å². The zero-order chi connectivity index (χ0) is 9.68. The van der Waals surface area contributed by atoms with Crippen LogP contribution in [0.2, 0.25) is 0 Å². The summed E-state index contributed by atoms with van der Waals surface area (Å²) >= 11 is 0. The summed E-state index contributed by atoms with van der Waals surface area (Å²) < 4.78 is 9.79. The van der Waals surface area contributed by atoms with Crippen molar-refractivity contribution in [3.05, 3.63) is 23.4 Å². The first kappa shape index (κ1) is 9.67. The summed E-state index contributed by atoms with van der Waals surface area (Å²) in [5.41, 5.74) is 1.29. The molecule has 0 saturated carbocycles. The molecule has 13 heavy (non-hydrogen) atoms. The highest BCUT2D eigenvalue weighted by Crippen LogP contribution is 2.14. The van der Waals surface area contributed by atoms with Gasteiger partial charge in [0.05, 0.1) is 19.3 Å². The first-order valence-corrected chi connectivity index (χ1v) is 3.79. The van der Waals surface area contributed by atoms with Crippen LogP contribution in [-0.4, -0.2) is 25.5 Å². The van der Waals surface area contributed by atoms with Crippen molar-refractivity contribution in [3.63, 3.8) is 0 Å². The largest absolute Gasteiger partial charge is 0.480 e. The van der Waals surface area contributed by atoms with Crippen molar-refractivity contribution >= 4 is 6.29 Å². The lowest BCUT2D eigenvalue weighted by Crippen LogP contribution is -1.97. The topological polar surface area (TPSA) is 48.4 Å². The number of pyridine rings is 1. The van der Waals surface area contributed by atoms with E-state index in [-0.39, 0.29) is 0 Å². The van der Waals surface area contributed by atoms with Gasteiger partial charge in [0.2, 0.25) is 5.88 Å². The average molecular weight is 181 g/mol. The first-order valence-electron chi connectivity index (χ1n) is 3.79. The second kappa shape index (κ2) is 4.57. The number of ether oxygens (including phenoxy) is 2. The smallest absolute Gasteiger partial charge is 0.223 e. The molecule has 0 aliphatic carbocycles. The Morgan fingerprint density at radius 3 is 2.85 bits per heavy atom. The van der Waals surface area contributed by atoms with Gasteiger partial charge in [-0.05, 0) is 11.6 Å². The Morgan fingerprint density at radius 2 is 2.31 bits per heavy atom. The third-order valence-corrected chi connectivity index (χ3v) is 1.57. The highest BCUT2D eigenvalue weighted by molar-refractivity contribution is 5.78. The summed E-state index contributed by atoms with van der Waals surface area (Å²) in [6.45, 7) is 0.442. The monoisotopic (exact) mass is 181 g/mol. The van der Waals surface area contributed by atoms with Crippen LogP contribution in [0.1, 0.15) is 15.9 Å². The number of methoxy groups -OCH3 is 2. The predicted molar refractivity (Wildman–Crippen MR) is 46.9 cm³/mol. The normalized spacial score (nSPS) is 9.69. The molecule has 1 aromatic heterocycles. The molecule has 0 aliphatic rings. The zero-order valence-corrected chi connectivity index (χ0v) is 7.61. The van der Waals surface area contributed by atoms with Crippen LogP contribution >= 0.6 is 0 Å². The minimum absolute atomic E-state index is 0.342. The van der Waals surface area contributed by atoms with Crippen molar-refractivity contribution in [2.45, 2.75) is 6.61 Å². The summed E-state index contributed by atoms with van der Waals surface area (Å²) in [5.74, 6) is 0.342. The first-order chi connectivity index (χ1) is 6.31. The Bertz CT molecular complexity index is 299. The maximum atomic E-state index is 10.6. The van der Waals surface area contributed by atoms with Gasteiger partial charge in [-0.3, -0.25) is 4.79 Å². The Hall–Kier alpha value is -1.42. The lowest BCUT2D eigenvalue weighted by atomic mass is 10.2. The standard InChI is InChI=1S/C9H11NO3/c1-12-6-7-3-8(5-11)9(13-2)10-4-7/h3-5H,6H2,1-2H3. The van der Waals surface area contributed by atoms with Crippen LogP contribution in [0.3, 0.4) is 0 Å². The van der Waals surface area contributed by atoms with Gasteiger partial charge in [0.1, 0.15) is 0 Å². The summed E-state index contributed by atoms with van der Waals surface area (Å²) in [5, 5.41) is 0. The van der Waals surface area contributed by atoms with E-state index < -0.39 is 0 Å². The van der Waals surface area contributed by atoms with E-state index in [1.165, 1.54) is 7.11 Å². The minimum Gasteiger partial charge on any atom is -0.480 e. The van der Waals surface area contributed by atoms with Crippen LogP contribution in [0.15, 0.2) is 12.3 Å². The Morgan fingerprint density at radius 1 is 1.54 bits per heavy atom. The van der Waals surface area contributed by atoms with Gasteiger partial charge in [-0.25, -0.2) is 4.98 Å². The second-order valence-corrected chi connectivity index (χ2v) is 2.49. The average Bonchev–Trinajstić information content (AvgIpc) is 2.18. The lowest BCUT2D eigenvalue weighted by molar-refractivity contribution is 0.111. The van der Waals surface area contributed by atoms with E-state index >= 15 is 0 Å². The fourth-order valence-corrected chi connectivity index (χ4v) is 1.02. The zero-order valence-electron chi connectivity index (χ0n) is 7.61. The molecular weight excluding hydrogens is 170 g/mol. The third kappa shape index (κ3) is 2.26. The highest BCUT2D eigenvalue weighted by atomic mass is 16.5. The SMILES string of the molecule is COCc1cnc(OC)c(C=O)c1. The Balaban J connectivity index is 2.98. The van der Waals surface area contributed by atoms with Crippen LogP contribution in [0.4, 0.5) is 0 Å². The second-order valence-electron chi connectivity index (χ2n) is 2.49. The van der Waals surface area contributed by atoms with Crippen molar-refractivity contribution in [2.75, 3.05) is 14.2 Å². The minimum atomic E-state index is 0.342. The number of aldehydes is 1. The quantitative estimate of drug-likeness (QED) is 0.651. The number of carbonyl (C=O) groups excluding carboxylic acids is 1. The summed E-state index contributed by atoms with van der Waals surface area (Å²) in [7, 11) is 3.07. The number of hydrogen-bond donors (Lipinski definition) is 0. The molecule has 0 radical (unpaired) electrons. The number of nitrogens with zero attached hydrogens (tertiary/aromatic N) is 1. The van der Waals surface area contributed by atoms with Crippen LogP contribution in [-0.2, 0) is 11.3 Å². The van der Waals surface area contributed by atoms with Crippen molar-refractivity contribution in [1.82, 2.24) is 4.98 Å². The van der Waals surface area contributed by atoms with Gasteiger partial charge in [0.25, 0.3) is 0 Å². The molecular formula is C9H11NO3. The van der Waals surface area contributed by atoms with E-state index in [0.717, 1.165) is 5.56 Å². The van der Waals surface area contributed by atoms with Crippen molar-refractivity contribution < 1.29 is 14.3 Å². The molecule has 0 atom stereocenters. The molecule has 0 unspecified atom stereocenters. The van der Waals surface area contributed by atoms with Gasteiger partial charge < -0.3 is 9.47 Å². The van der Waals surface area contributed by atoms with E-state index in [2.05, 4.69) is 4.98 Å². The maximum Gasteiger partial charge on any atom is 0.223 e. The van der Waals surface area contributed by atoms with Gasteiger partial charge in [0.15, 0.2) is 6.29 Å². The molecule has 0 aliphatic heterocycles. The molecule has 0 spiro atoms. The van der Waals surface area contributed by atoms with E-state index in [1.54, 1.807) is 19.4 Å². The van der Waals surface area contributed by atoms with Crippen molar-refractivity contribution in [2.24, 2.45) is 0 Å². The third-order valence-electron chi connectivity index (χ3n) is 1.57. The van der Waals surface area contributed by atoms with Gasteiger partial charge in [-0.1, -0.05) is 0 Å². The lowest BCUT2D eigenvalue weighted by Gasteiger charge is -2.04. The van der Waals surface area contributed by atoms with Crippen LogP contribution in [0, 0.1) is 0 Å². The molecule has 4 heteroatoms. The molecule has 0 amide bonds. The van der Waals surface area contributed by atoms with E-state index in [4.69, 9.17) is 9.47 Å². The summed E-state index contributed by atoms with van der Waals surface area (Å²) in [6, 6.07) is 1.70. The molecule has 0 saturated heterocycles. The van der Waals surface area contributed by atoms with E-state index in [0.29, 0.717) is 24.3 Å². The van der Waals surface area contributed by atoms with Crippen molar-refractivity contribution in [1.29, 1.82) is 0 Å². The summed E-state index contributed by atoms with van der Waals surface area (Å²) in [4.78, 5) is 14.5. The maximum absolute atomic E-state index is 10.6. The van der Waals surface area contributed by atoms with Crippen LogP contribution in [0.25, 0.3) is 0 Å². The van der Waals surface area contributed by atoms with Crippen LogP contribution in [0.5, 0.6) is 5.88 Å². The van der Waals surface area contributed by atoms with Crippen molar-refractivity contribution in [3.8, 4) is 5.88 Å². The molecule has 70 valence electrons. The van der Waals surface area contributed by atoms with Gasteiger partial charge in [0, 0.05) is 13.3 Å². The molecule has 0 aromatic carbocycles. The van der Waals surface area contributed by atoms with E-state index in [1.807, 2.05) is 0 Å². The number of aromatic nitrogens is 1. The van der Waals surface area contributed by atoms with Gasteiger partial charge in [-0.15, -0.1) is 0 Å². The van der Waals surface area contributed by atoms with E-state index in [9.17, 15) is 4.79 Å². The highest BCUT2D eigenvalue weighted by Gasteiger charge is 2.04. The van der Waals surface area contributed by atoms with Gasteiger partial charge in [-0.2, -0.15) is 0 Å². The number of rotatable bonds is 4. The molecule has 0 N–H and O–H groups in total. The number of hydrogen-bond acceptors (Lipinski definition) is 4. The molecule has 4 nitrogen and oxygen atoms in total. The molecule has 1 heterocycles. The fourth-order valence-electron chi connectivity index (χ4n) is 1.02. The summed E-state index contributed by atoms with van der Waals surface area (Å²) in [6.07, 6.45) is 2.33. The van der Waals surface area contributed by atoms with Crippen LogP contribution < -0.4 is 4.74 Å². The molecule has 1 rings (SSSR count). The molecule has 1 aromatic rings. The molecule has 0 fully saturated rings.